The van der Waals surface area contributed by atoms with Crippen LogP contribution in [-0.4, -0.2) is 36.4 Å². The fourth-order valence-corrected chi connectivity index (χ4v) is 2.92. The van der Waals surface area contributed by atoms with Crippen LogP contribution in [0.5, 0.6) is 5.75 Å². The minimum atomic E-state index is -0.538. The Kier molecular flexibility index (Phi) is 7.41. The highest BCUT2D eigenvalue weighted by molar-refractivity contribution is 5.88. The van der Waals surface area contributed by atoms with Crippen molar-refractivity contribution in [1.82, 2.24) is 10.2 Å². The van der Waals surface area contributed by atoms with Crippen LogP contribution in [0.2, 0.25) is 0 Å². The van der Waals surface area contributed by atoms with Crippen molar-refractivity contribution in [3.05, 3.63) is 65.2 Å². The smallest absolute Gasteiger partial charge is 0.261 e. The van der Waals surface area contributed by atoms with E-state index in [-0.39, 0.29) is 18.4 Å². The second kappa shape index (κ2) is 9.76. The zero-order chi connectivity index (χ0) is 19.8. The highest BCUT2D eigenvalue weighted by Gasteiger charge is 2.28. The molecule has 5 heteroatoms. The zero-order valence-corrected chi connectivity index (χ0v) is 16.5. The highest BCUT2D eigenvalue weighted by atomic mass is 16.5. The van der Waals surface area contributed by atoms with Gasteiger partial charge in [-0.3, -0.25) is 9.59 Å². The summed E-state index contributed by atoms with van der Waals surface area (Å²) >= 11 is 0. The van der Waals surface area contributed by atoms with Gasteiger partial charge in [0, 0.05) is 13.6 Å². The summed E-state index contributed by atoms with van der Waals surface area (Å²) in [4.78, 5) is 26.9. The third-order valence-corrected chi connectivity index (χ3v) is 4.62. The molecule has 27 heavy (non-hydrogen) atoms. The SMILES string of the molecule is CCC(C(=O)NC)N(Cc1ccccc1C)C(=O)COc1ccc(C)cc1. The Bertz CT molecular complexity index is 771. The van der Waals surface area contributed by atoms with E-state index in [1.54, 1.807) is 11.9 Å². The van der Waals surface area contributed by atoms with Crippen LogP contribution in [-0.2, 0) is 16.1 Å². The molecular formula is C22H28N2O3. The molecule has 0 aliphatic rings. The summed E-state index contributed by atoms with van der Waals surface area (Å²) in [7, 11) is 1.59. The second-order valence-electron chi connectivity index (χ2n) is 6.59. The number of likely N-dealkylation sites (N-methyl/N-ethyl adjacent to an activating group) is 1. The van der Waals surface area contributed by atoms with Gasteiger partial charge in [-0.2, -0.15) is 0 Å². The molecule has 0 aliphatic carbocycles. The molecule has 0 spiro atoms. The summed E-state index contributed by atoms with van der Waals surface area (Å²) in [6, 6.07) is 14.9. The maximum absolute atomic E-state index is 12.9. The molecule has 2 rings (SSSR count). The molecule has 0 radical (unpaired) electrons. The lowest BCUT2D eigenvalue weighted by Crippen LogP contribution is -2.49. The first-order chi connectivity index (χ1) is 13.0. The number of aryl methyl sites for hydroxylation is 2. The predicted octanol–water partition coefficient (Wildman–Crippen LogP) is 3.24. The van der Waals surface area contributed by atoms with Crippen molar-refractivity contribution in [2.75, 3.05) is 13.7 Å². The number of carbonyl (C=O) groups excluding carboxylic acids is 2. The van der Waals surface area contributed by atoms with Gasteiger partial charge in [0.05, 0.1) is 0 Å². The lowest BCUT2D eigenvalue weighted by molar-refractivity contribution is -0.142. The first-order valence-corrected chi connectivity index (χ1v) is 9.21. The Morgan fingerprint density at radius 2 is 1.74 bits per heavy atom. The number of nitrogens with zero attached hydrogens (tertiary/aromatic N) is 1. The molecule has 0 heterocycles. The predicted molar refractivity (Wildman–Crippen MR) is 107 cm³/mol. The van der Waals surface area contributed by atoms with Gasteiger partial charge in [0.2, 0.25) is 5.91 Å². The third-order valence-electron chi connectivity index (χ3n) is 4.62. The number of amides is 2. The van der Waals surface area contributed by atoms with Crippen LogP contribution < -0.4 is 10.1 Å². The molecule has 1 atom stereocenters. The van der Waals surface area contributed by atoms with Crippen LogP contribution >= 0.6 is 0 Å². The molecule has 0 aromatic heterocycles. The van der Waals surface area contributed by atoms with E-state index in [1.165, 1.54) is 0 Å². The maximum Gasteiger partial charge on any atom is 0.261 e. The van der Waals surface area contributed by atoms with Crippen molar-refractivity contribution < 1.29 is 14.3 Å². The van der Waals surface area contributed by atoms with Crippen LogP contribution in [0.1, 0.15) is 30.0 Å². The molecule has 0 saturated carbocycles. The number of carbonyl (C=O) groups is 2. The summed E-state index contributed by atoms with van der Waals surface area (Å²) in [5, 5.41) is 2.66. The van der Waals surface area contributed by atoms with Gasteiger partial charge in [-0.25, -0.2) is 0 Å². The van der Waals surface area contributed by atoms with E-state index < -0.39 is 6.04 Å². The Balaban J connectivity index is 2.19. The number of hydrogen-bond acceptors (Lipinski definition) is 3. The normalized spacial score (nSPS) is 11.6. The lowest BCUT2D eigenvalue weighted by atomic mass is 10.1. The van der Waals surface area contributed by atoms with Gasteiger partial charge in [0.25, 0.3) is 5.91 Å². The fourth-order valence-electron chi connectivity index (χ4n) is 2.92. The Morgan fingerprint density at radius 3 is 2.33 bits per heavy atom. The van der Waals surface area contributed by atoms with Crippen molar-refractivity contribution in [2.45, 2.75) is 39.8 Å². The number of rotatable bonds is 8. The zero-order valence-electron chi connectivity index (χ0n) is 16.5. The van der Waals surface area contributed by atoms with E-state index in [4.69, 9.17) is 4.74 Å². The molecule has 0 saturated heterocycles. The van der Waals surface area contributed by atoms with E-state index in [0.717, 1.165) is 16.7 Å². The van der Waals surface area contributed by atoms with E-state index in [2.05, 4.69) is 5.32 Å². The summed E-state index contributed by atoms with van der Waals surface area (Å²) in [5.41, 5.74) is 3.23. The molecule has 2 aromatic rings. The second-order valence-corrected chi connectivity index (χ2v) is 6.59. The Hall–Kier alpha value is -2.82. The van der Waals surface area contributed by atoms with Crippen molar-refractivity contribution >= 4 is 11.8 Å². The van der Waals surface area contributed by atoms with E-state index in [1.807, 2.05) is 69.3 Å². The molecule has 2 amide bonds. The molecular weight excluding hydrogens is 340 g/mol. The van der Waals surface area contributed by atoms with Crippen molar-refractivity contribution in [3.8, 4) is 5.75 Å². The fraction of sp³-hybridized carbons (Fsp3) is 0.364. The van der Waals surface area contributed by atoms with Crippen LogP contribution in [0.3, 0.4) is 0 Å². The van der Waals surface area contributed by atoms with Crippen molar-refractivity contribution in [2.24, 2.45) is 0 Å². The number of hydrogen-bond donors (Lipinski definition) is 1. The van der Waals surface area contributed by atoms with Gasteiger partial charge in [0.15, 0.2) is 6.61 Å². The standard InChI is InChI=1S/C22H28N2O3/c1-5-20(22(26)23-4)24(14-18-9-7-6-8-17(18)3)21(25)15-27-19-12-10-16(2)11-13-19/h6-13,20H,5,14-15H2,1-4H3,(H,23,26). The third kappa shape index (κ3) is 5.58. The molecule has 0 bridgehead atoms. The number of nitrogens with one attached hydrogen (secondary N) is 1. The van der Waals surface area contributed by atoms with Gasteiger partial charge in [-0.15, -0.1) is 0 Å². The maximum atomic E-state index is 12.9. The Morgan fingerprint density at radius 1 is 1.07 bits per heavy atom. The molecule has 5 nitrogen and oxygen atoms in total. The van der Waals surface area contributed by atoms with Crippen molar-refractivity contribution in [1.29, 1.82) is 0 Å². The number of benzene rings is 2. The molecule has 0 fully saturated rings. The topological polar surface area (TPSA) is 58.6 Å². The number of ether oxygens (including phenoxy) is 1. The van der Waals surface area contributed by atoms with Gasteiger partial charge in [0.1, 0.15) is 11.8 Å². The first kappa shape index (κ1) is 20.5. The molecule has 1 unspecified atom stereocenters. The Labute approximate surface area is 161 Å². The monoisotopic (exact) mass is 368 g/mol. The summed E-state index contributed by atoms with van der Waals surface area (Å²) in [5.74, 6) is 0.252. The van der Waals surface area contributed by atoms with Crippen molar-refractivity contribution in [3.63, 3.8) is 0 Å². The quantitative estimate of drug-likeness (QED) is 0.778. The molecule has 144 valence electrons. The largest absolute Gasteiger partial charge is 0.484 e. The van der Waals surface area contributed by atoms with Gasteiger partial charge >= 0.3 is 0 Å². The first-order valence-electron chi connectivity index (χ1n) is 9.21. The van der Waals surface area contributed by atoms with Gasteiger partial charge in [-0.05, 0) is 43.5 Å². The summed E-state index contributed by atoms with van der Waals surface area (Å²) < 4.78 is 5.66. The average molecular weight is 368 g/mol. The summed E-state index contributed by atoms with van der Waals surface area (Å²) in [6.07, 6.45) is 0.530. The lowest BCUT2D eigenvalue weighted by Gasteiger charge is -2.30. The van der Waals surface area contributed by atoms with Crippen LogP contribution in [0.25, 0.3) is 0 Å². The van der Waals surface area contributed by atoms with Crippen LogP contribution in [0, 0.1) is 13.8 Å². The van der Waals surface area contributed by atoms with E-state index in [0.29, 0.717) is 18.7 Å². The van der Waals surface area contributed by atoms with Crippen LogP contribution in [0.4, 0.5) is 0 Å². The van der Waals surface area contributed by atoms with Gasteiger partial charge < -0.3 is 15.0 Å². The minimum Gasteiger partial charge on any atom is -0.484 e. The molecule has 0 aliphatic heterocycles. The molecule has 2 aromatic carbocycles. The minimum absolute atomic E-state index is 0.109. The van der Waals surface area contributed by atoms with E-state index >= 15 is 0 Å². The summed E-state index contributed by atoms with van der Waals surface area (Å²) in [6.45, 7) is 6.16. The average Bonchev–Trinajstić information content (AvgIpc) is 2.68. The van der Waals surface area contributed by atoms with Crippen LogP contribution in [0.15, 0.2) is 48.5 Å². The molecule has 1 N–H and O–H groups in total. The highest BCUT2D eigenvalue weighted by Crippen LogP contribution is 2.17. The van der Waals surface area contributed by atoms with Gasteiger partial charge in [-0.1, -0.05) is 48.9 Å². The van der Waals surface area contributed by atoms with E-state index in [9.17, 15) is 9.59 Å².